The van der Waals surface area contributed by atoms with Crippen LogP contribution in [0.4, 0.5) is 0 Å². The van der Waals surface area contributed by atoms with Gasteiger partial charge in [0.25, 0.3) is 11.8 Å². The molecule has 2 aromatic rings. The molecule has 0 radical (unpaired) electrons. The van der Waals surface area contributed by atoms with Crippen molar-refractivity contribution >= 4 is 76.6 Å². The van der Waals surface area contributed by atoms with Crippen molar-refractivity contribution in [1.29, 1.82) is 0 Å². The summed E-state index contributed by atoms with van der Waals surface area (Å²) in [7, 11) is 0. The van der Waals surface area contributed by atoms with Crippen molar-refractivity contribution in [2.24, 2.45) is 28.6 Å². The van der Waals surface area contributed by atoms with E-state index >= 15 is 0 Å². The third-order valence-electron chi connectivity index (χ3n) is 15.1. The van der Waals surface area contributed by atoms with Gasteiger partial charge in [-0.2, -0.15) is 0 Å². The molecule has 0 saturated carbocycles. The average Bonchev–Trinajstić information content (AvgIpc) is 3.88. The van der Waals surface area contributed by atoms with Crippen LogP contribution in [0.25, 0.3) is 0 Å². The van der Waals surface area contributed by atoms with Gasteiger partial charge in [0.05, 0.1) is 17.6 Å². The van der Waals surface area contributed by atoms with E-state index in [2.05, 4.69) is 26.6 Å². The van der Waals surface area contributed by atoms with Crippen molar-refractivity contribution in [1.82, 2.24) is 31.6 Å². The molecule has 0 unspecified atom stereocenters. The van der Waals surface area contributed by atoms with E-state index in [1.165, 1.54) is 6.08 Å². The van der Waals surface area contributed by atoms with Gasteiger partial charge in [-0.1, -0.05) is 103 Å². The molecule has 5 N–H and O–H groups in total. The molecular weight excluding hydrogens is 1090 g/mol. The number of aryl methyl sites for hydroxylation is 1. The van der Waals surface area contributed by atoms with Crippen molar-refractivity contribution in [2.75, 3.05) is 6.54 Å². The minimum Gasteiger partial charge on any atom is -0.461 e. The number of Topliss-reactive ketones (excluding diaryl/α,β-unsaturated/α-hetero) is 1. The Morgan fingerprint density at radius 1 is 0.843 bits per heavy atom. The summed E-state index contributed by atoms with van der Waals surface area (Å²) in [6.45, 7) is 19.9. The highest BCUT2D eigenvalue weighted by Gasteiger charge is 2.48. The Labute approximate surface area is 491 Å². The normalized spacial score (nSPS) is 22.9. The monoisotopic (exact) mass is 1170 g/mol. The summed E-state index contributed by atoms with van der Waals surface area (Å²) in [5.41, 5.74) is 1.52. The number of imide groups is 1. The zero-order valence-corrected chi connectivity index (χ0v) is 50.4. The Balaban J connectivity index is 1.10. The number of nitrogens with one attached hydrogen (secondary N) is 5. The van der Waals surface area contributed by atoms with Crippen LogP contribution in [0.3, 0.4) is 0 Å². The van der Waals surface area contributed by atoms with Crippen molar-refractivity contribution in [2.45, 2.75) is 196 Å². The van der Waals surface area contributed by atoms with E-state index in [-0.39, 0.29) is 102 Å². The molecule has 0 aliphatic carbocycles. The summed E-state index contributed by atoms with van der Waals surface area (Å²) < 4.78 is 18.0. The molecule has 7 amide bonds. The lowest BCUT2D eigenvalue weighted by molar-refractivity contribution is -0.197. The minimum absolute atomic E-state index is 0.00877. The third-order valence-corrected chi connectivity index (χ3v) is 15.5. The number of ketones is 1. The highest BCUT2D eigenvalue weighted by atomic mass is 35.5. The molecule has 3 aliphatic heterocycles. The van der Waals surface area contributed by atoms with Crippen molar-refractivity contribution < 1.29 is 71.8 Å². The van der Waals surface area contributed by atoms with Gasteiger partial charge in [0.1, 0.15) is 30.9 Å². The molecule has 3 heterocycles. The number of hydrogen-bond acceptors (Lipinski definition) is 15. The molecule has 454 valence electrons. The fourth-order valence-corrected chi connectivity index (χ4v) is 9.63. The molecule has 0 spiro atoms. The Bertz CT molecular complexity index is 2740. The predicted molar refractivity (Wildman–Crippen MR) is 305 cm³/mol. The molecule has 2 saturated heterocycles. The Morgan fingerprint density at radius 2 is 1.49 bits per heavy atom. The first-order chi connectivity index (χ1) is 38.9. The topological polar surface area (TPSA) is 291 Å². The smallest absolute Gasteiger partial charge is 0.333 e. The number of rotatable bonds is 23. The number of carbonyl (C=O) groups is 11. The zero-order chi connectivity index (χ0) is 61.5. The van der Waals surface area contributed by atoms with Gasteiger partial charge in [0.15, 0.2) is 5.78 Å². The number of halogens is 1. The second-order valence-electron chi connectivity index (χ2n) is 24.1. The number of nitrogens with zero attached hydrogens (tertiary/aromatic N) is 1. The maximum atomic E-state index is 14.2. The van der Waals surface area contributed by atoms with Crippen LogP contribution in [0, 0.1) is 35.5 Å². The molecule has 3 aliphatic rings. The number of cyclic esters (lactones) is 1. The van der Waals surface area contributed by atoms with E-state index in [4.69, 9.17) is 30.6 Å². The molecule has 9 atom stereocenters. The third kappa shape index (κ3) is 20.4. The fraction of sp³-hybridized carbons (Fsp3) is 0.590. The number of hydrogen-bond donors (Lipinski definition) is 5. The van der Waals surface area contributed by atoms with E-state index in [9.17, 15) is 52.7 Å². The van der Waals surface area contributed by atoms with Gasteiger partial charge >= 0.3 is 17.9 Å². The SMILES string of the molecule is Cc1ccc(C[C@H]2NC(=O)/C=C/C[C@@H]([C@H](C)[C@H]3O[C@@H]3c3ccc(COC(=O)CCCNC(=O)[C@H](C)CC(=O)[C@@H](NC(=O)CCCC(=O)ON4C(=O)CCC4=O)C(C)C)cc3)OC(=O)[C@H](CC(C)(C)C)NC(=O)C(C)(C)[C@H](C)NC2=O)cc1Cl. The van der Waals surface area contributed by atoms with E-state index in [0.29, 0.717) is 15.6 Å². The molecule has 21 nitrogen and oxygen atoms in total. The fourth-order valence-electron chi connectivity index (χ4n) is 9.43. The van der Waals surface area contributed by atoms with Crippen LogP contribution in [0.5, 0.6) is 0 Å². The lowest BCUT2D eigenvalue weighted by Gasteiger charge is -2.35. The minimum atomic E-state index is -1.21. The first-order valence-corrected chi connectivity index (χ1v) is 28.9. The van der Waals surface area contributed by atoms with Gasteiger partial charge in [-0.3, -0.25) is 43.2 Å². The first kappa shape index (κ1) is 66.8. The molecule has 22 heteroatoms. The predicted octanol–water partition coefficient (Wildman–Crippen LogP) is 6.23. The number of epoxide rings is 1. The second kappa shape index (κ2) is 30.0. The number of hydroxylamine groups is 2. The van der Waals surface area contributed by atoms with Crippen molar-refractivity contribution in [3.8, 4) is 0 Å². The van der Waals surface area contributed by atoms with Crippen LogP contribution >= 0.6 is 11.6 Å². The molecule has 2 aromatic carbocycles. The van der Waals surface area contributed by atoms with E-state index in [0.717, 1.165) is 16.7 Å². The standard InChI is InChI=1S/C61H83ClN6O15/c1-34(2)53(67-48(71)17-13-18-52(75)83-68-49(72)26-27-50(68)73)45(69)29-36(4)56(76)63-28-14-19-51(74)80-33-39-22-24-41(25-23-39)55-54(82-55)37(5)46-15-12-16-47(70)65-43(31-40-21-20-35(3)42(62)30-40)57(77)64-38(6)61(10,11)59(79)66-44(58(78)81-46)32-60(7,8)9/h12,16,20-25,30,34,36-38,43-44,46,53-55H,13-15,17-19,26-29,31-33H2,1-11H3,(H,63,76)(H,64,77)(H,65,70)(H,66,79)(H,67,71)/b16-12+/t36-,37+,38+,43-,44+,46+,53+,54-,55-/m1/s1. The highest BCUT2D eigenvalue weighted by Crippen LogP contribution is 2.45. The summed E-state index contributed by atoms with van der Waals surface area (Å²) in [4.78, 5) is 147. The van der Waals surface area contributed by atoms with Crippen LogP contribution in [-0.4, -0.2) is 113 Å². The summed E-state index contributed by atoms with van der Waals surface area (Å²) in [5, 5.41) is 15.1. The highest BCUT2D eigenvalue weighted by molar-refractivity contribution is 6.31. The van der Waals surface area contributed by atoms with Gasteiger partial charge in [0.2, 0.25) is 29.5 Å². The van der Waals surface area contributed by atoms with Crippen LogP contribution in [0.15, 0.2) is 54.6 Å². The summed E-state index contributed by atoms with van der Waals surface area (Å²) in [6, 6.07) is 9.08. The lowest BCUT2D eigenvalue weighted by Crippen LogP contribution is -2.58. The van der Waals surface area contributed by atoms with Crippen molar-refractivity contribution in [3.63, 3.8) is 0 Å². The second-order valence-corrected chi connectivity index (χ2v) is 24.5. The summed E-state index contributed by atoms with van der Waals surface area (Å²) in [5.74, 6) is -7.36. The Hall–Kier alpha value is -7.00. The average molecular weight is 1180 g/mol. The molecule has 5 rings (SSSR count). The van der Waals surface area contributed by atoms with Crippen LogP contribution in [0.2, 0.25) is 5.02 Å². The van der Waals surface area contributed by atoms with E-state index in [1.807, 2.05) is 71.0 Å². The Kier molecular flexibility index (Phi) is 24.1. The van der Waals surface area contributed by atoms with Crippen LogP contribution in [0.1, 0.15) is 162 Å². The summed E-state index contributed by atoms with van der Waals surface area (Å²) in [6.07, 6.45) is 1.60. The maximum Gasteiger partial charge on any atom is 0.333 e. The van der Waals surface area contributed by atoms with Gasteiger partial charge < -0.3 is 45.6 Å². The number of benzene rings is 2. The molecule has 83 heavy (non-hydrogen) atoms. The van der Waals surface area contributed by atoms with Gasteiger partial charge in [-0.15, -0.1) is 5.06 Å². The van der Waals surface area contributed by atoms with Crippen LogP contribution < -0.4 is 26.6 Å². The van der Waals surface area contributed by atoms with Crippen LogP contribution in [-0.2, 0) is 84.8 Å². The maximum absolute atomic E-state index is 14.2. The zero-order valence-electron chi connectivity index (χ0n) is 49.6. The number of ether oxygens (including phenoxy) is 3. The van der Waals surface area contributed by atoms with Gasteiger partial charge in [-0.25, -0.2) is 9.59 Å². The molecular formula is C61H83ClN6O15. The number of carbonyl (C=O) groups excluding carboxylic acids is 11. The van der Waals surface area contributed by atoms with E-state index in [1.54, 1.807) is 53.7 Å². The first-order valence-electron chi connectivity index (χ1n) is 28.5. The lowest BCUT2D eigenvalue weighted by atomic mass is 9.82. The molecule has 0 aromatic heterocycles. The van der Waals surface area contributed by atoms with Gasteiger partial charge in [-0.05, 0) is 92.7 Å². The number of esters is 2. The molecule has 2 fully saturated rings. The van der Waals surface area contributed by atoms with E-state index < -0.39 is 118 Å². The summed E-state index contributed by atoms with van der Waals surface area (Å²) >= 11 is 6.42. The van der Waals surface area contributed by atoms with Gasteiger partial charge in [0, 0.05) is 80.8 Å². The largest absolute Gasteiger partial charge is 0.461 e. The Morgan fingerprint density at radius 3 is 2.13 bits per heavy atom. The van der Waals surface area contributed by atoms with Crippen molar-refractivity contribution in [3.05, 3.63) is 81.9 Å². The number of amides is 7. The quantitative estimate of drug-likeness (QED) is 0.0357. The molecule has 0 bridgehead atoms.